The van der Waals surface area contributed by atoms with Gasteiger partial charge in [0.2, 0.25) is 0 Å². The molecule has 0 radical (unpaired) electrons. The maximum Gasteiger partial charge on any atom is 0.408 e. The highest BCUT2D eigenvalue weighted by Gasteiger charge is 2.25. The van der Waals surface area contributed by atoms with Crippen molar-refractivity contribution in [1.29, 1.82) is 0 Å². The van der Waals surface area contributed by atoms with E-state index in [1.165, 1.54) is 13.8 Å². The van der Waals surface area contributed by atoms with E-state index in [1.54, 1.807) is 20.8 Å². The molecule has 0 fully saturated rings. The van der Waals surface area contributed by atoms with Crippen molar-refractivity contribution < 1.29 is 19.1 Å². The molecule has 16 heavy (non-hydrogen) atoms. The molecule has 0 aliphatic heterocycles. The van der Waals surface area contributed by atoms with Gasteiger partial charge in [-0.1, -0.05) is 0 Å². The van der Waals surface area contributed by atoms with E-state index < -0.39 is 23.5 Å². The Morgan fingerprint density at radius 3 is 2.25 bits per heavy atom. The van der Waals surface area contributed by atoms with E-state index >= 15 is 0 Å². The number of Topliss-reactive ketones (excluding diaryl/α,β-unsaturated/α-hetero) is 1. The predicted octanol–water partition coefficient (Wildman–Crippen LogP) is 1.16. The van der Waals surface area contributed by atoms with Crippen LogP contribution in [0, 0.1) is 0 Å². The summed E-state index contributed by atoms with van der Waals surface area (Å²) < 4.78 is 4.97. The SMILES string of the molecule is CC(=[N+]=[N-])C(=O)[C@H](C)NC(=O)OC(C)(C)C. The lowest BCUT2D eigenvalue weighted by Crippen LogP contribution is -2.43. The van der Waals surface area contributed by atoms with Crippen LogP contribution in [0.2, 0.25) is 0 Å². The molecule has 1 atom stereocenters. The topological polar surface area (TPSA) is 91.8 Å². The number of hydrogen-bond donors (Lipinski definition) is 1. The molecule has 0 aliphatic rings. The molecule has 0 aromatic carbocycles. The molecule has 6 nitrogen and oxygen atoms in total. The fourth-order valence-electron chi connectivity index (χ4n) is 0.912. The molecule has 0 bridgehead atoms. The zero-order valence-electron chi connectivity index (χ0n) is 10.2. The number of rotatable bonds is 3. The Hall–Kier alpha value is -1.68. The second-order valence-electron chi connectivity index (χ2n) is 4.42. The maximum atomic E-state index is 11.4. The van der Waals surface area contributed by atoms with E-state index in [9.17, 15) is 9.59 Å². The molecule has 0 spiro atoms. The lowest BCUT2D eigenvalue weighted by molar-refractivity contribution is -0.118. The van der Waals surface area contributed by atoms with Crippen LogP contribution >= 0.6 is 0 Å². The van der Waals surface area contributed by atoms with Gasteiger partial charge in [0.05, 0.1) is 6.04 Å². The van der Waals surface area contributed by atoms with Gasteiger partial charge in [-0.15, -0.1) is 0 Å². The summed E-state index contributed by atoms with van der Waals surface area (Å²) in [4.78, 5) is 25.5. The molecule has 0 heterocycles. The van der Waals surface area contributed by atoms with Gasteiger partial charge in [-0.25, -0.2) is 4.79 Å². The number of ketones is 1. The third-order valence-corrected chi connectivity index (χ3v) is 1.63. The summed E-state index contributed by atoms with van der Waals surface area (Å²) in [7, 11) is 0. The van der Waals surface area contributed by atoms with Gasteiger partial charge in [0.15, 0.2) is 0 Å². The van der Waals surface area contributed by atoms with Crippen LogP contribution in [0.4, 0.5) is 4.79 Å². The minimum absolute atomic E-state index is 0.0661. The van der Waals surface area contributed by atoms with Crippen LogP contribution in [0.5, 0.6) is 0 Å². The number of amides is 1. The number of ether oxygens (including phenoxy) is 1. The minimum atomic E-state index is -0.786. The highest BCUT2D eigenvalue weighted by atomic mass is 16.6. The molecule has 0 aliphatic carbocycles. The smallest absolute Gasteiger partial charge is 0.408 e. The summed E-state index contributed by atoms with van der Waals surface area (Å²) in [6, 6.07) is -0.786. The average Bonchev–Trinajstić information content (AvgIpc) is 2.12. The summed E-state index contributed by atoms with van der Waals surface area (Å²) in [6.45, 7) is 8.01. The van der Waals surface area contributed by atoms with Crippen molar-refractivity contribution >= 4 is 17.6 Å². The first-order valence-corrected chi connectivity index (χ1v) is 4.89. The van der Waals surface area contributed by atoms with Crippen molar-refractivity contribution in [1.82, 2.24) is 5.32 Å². The van der Waals surface area contributed by atoms with Gasteiger partial charge in [0.1, 0.15) is 5.60 Å². The van der Waals surface area contributed by atoms with Gasteiger partial charge in [0, 0.05) is 6.92 Å². The van der Waals surface area contributed by atoms with E-state index in [2.05, 4.69) is 10.1 Å². The largest absolute Gasteiger partial charge is 0.444 e. The van der Waals surface area contributed by atoms with Crippen molar-refractivity contribution in [3.8, 4) is 0 Å². The Kier molecular flexibility index (Phi) is 4.85. The fourth-order valence-corrected chi connectivity index (χ4v) is 0.912. The summed E-state index contributed by atoms with van der Waals surface area (Å²) >= 11 is 0. The second-order valence-corrected chi connectivity index (χ2v) is 4.42. The zero-order chi connectivity index (χ0) is 12.9. The lowest BCUT2D eigenvalue weighted by atomic mass is 10.1. The standard InChI is InChI=1S/C10H17N3O3/c1-6(8(14)7(2)13-11)12-9(15)16-10(3,4)5/h6H,1-5H3,(H,12,15)/t6-/m0/s1. The first-order chi connectivity index (χ1) is 7.17. The van der Waals surface area contributed by atoms with Gasteiger partial charge in [-0.3, -0.25) is 4.79 Å². The molecule has 1 N–H and O–H groups in total. The third-order valence-electron chi connectivity index (χ3n) is 1.63. The third kappa shape index (κ3) is 5.26. The number of carbonyl (C=O) groups is 2. The number of hydrogen-bond acceptors (Lipinski definition) is 3. The number of nitrogens with one attached hydrogen (secondary N) is 1. The van der Waals surface area contributed by atoms with E-state index in [0.717, 1.165) is 0 Å². The molecule has 6 heteroatoms. The summed E-state index contributed by atoms with van der Waals surface area (Å²) in [5.74, 6) is -0.464. The van der Waals surface area contributed by atoms with Gasteiger partial charge in [-0.05, 0) is 27.7 Å². The molecule has 0 unspecified atom stereocenters. The molecule has 0 saturated heterocycles. The highest BCUT2D eigenvalue weighted by molar-refractivity contribution is 6.38. The highest BCUT2D eigenvalue weighted by Crippen LogP contribution is 2.06. The van der Waals surface area contributed by atoms with Gasteiger partial charge in [-0.2, -0.15) is 4.79 Å². The molecule has 0 saturated carbocycles. The molecular weight excluding hydrogens is 210 g/mol. The molecule has 90 valence electrons. The Labute approximate surface area is 94.6 Å². The van der Waals surface area contributed by atoms with Gasteiger partial charge < -0.3 is 15.6 Å². The van der Waals surface area contributed by atoms with Crippen LogP contribution in [0.25, 0.3) is 5.53 Å². The monoisotopic (exact) mass is 227 g/mol. The van der Waals surface area contributed by atoms with Crippen molar-refractivity contribution in [2.24, 2.45) is 0 Å². The van der Waals surface area contributed by atoms with Gasteiger partial charge in [0.25, 0.3) is 5.78 Å². The van der Waals surface area contributed by atoms with Crippen LogP contribution in [0.1, 0.15) is 34.6 Å². The lowest BCUT2D eigenvalue weighted by Gasteiger charge is -2.20. The Morgan fingerprint density at radius 2 is 1.88 bits per heavy atom. The van der Waals surface area contributed by atoms with Crippen molar-refractivity contribution in [2.45, 2.75) is 46.3 Å². The summed E-state index contributed by atoms with van der Waals surface area (Å²) in [5.41, 5.74) is 7.71. The van der Waals surface area contributed by atoms with E-state index in [4.69, 9.17) is 10.3 Å². The summed E-state index contributed by atoms with van der Waals surface area (Å²) in [5, 5.41) is 2.35. The molecule has 0 aromatic rings. The molecule has 0 aromatic heterocycles. The minimum Gasteiger partial charge on any atom is -0.444 e. The van der Waals surface area contributed by atoms with Crippen molar-refractivity contribution in [3.05, 3.63) is 5.53 Å². The van der Waals surface area contributed by atoms with Gasteiger partial charge >= 0.3 is 11.8 Å². The quantitative estimate of drug-likeness (QED) is 0.445. The first-order valence-electron chi connectivity index (χ1n) is 4.89. The number of nitrogens with zero attached hydrogens (tertiary/aromatic N) is 2. The average molecular weight is 227 g/mol. The Balaban J connectivity index is 4.36. The normalized spacial score (nSPS) is 12.3. The molecule has 0 rings (SSSR count). The van der Waals surface area contributed by atoms with Crippen LogP contribution in [-0.4, -0.2) is 34.0 Å². The van der Waals surface area contributed by atoms with E-state index in [0.29, 0.717) is 0 Å². The maximum absolute atomic E-state index is 11.4. The zero-order valence-corrected chi connectivity index (χ0v) is 10.2. The van der Waals surface area contributed by atoms with Crippen molar-refractivity contribution in [2.75, 3.05) is 0 Å². The van der Waals surface area contributed by atoms with Crippen LogP contribution in [0.15, 0.2) is 0 Å². The first kappa shape index (κ1) is 14.3. The predicted molar refractivity (Wildman–Crippen MR) is 58.1 cm³/mol. The van der Waals surface area contributed by atoms with Crippen LogP contribution in [-0.2, 0) is 9.53 Å². The van der Waals surface area contributed by atoms with E-state index in [1.807, 2.05) is 0 Å². The second kappa shape index (κ2) is 5.42. The molecular formula is C10H17N3O3. The van der Waals surface area contributed by atoms with E-state index in [-0.39, 0.29) is 5.71 Å². The fraction of sp³-hybridized carbons (Fsp3) is 0.700. The van der Waals surface area contributed by atoms with Crippen LogP contribution < -0.4 is 5.32 Å². The van der Waals surface area contributed by atoms with Crippen LogP contribution in [0.3, 0.4) is 0 Å². The van der Waals surface area contributed by atoms with Crippen molar-refractivity contribution in [3.63, 3.8) is 0 Å². The number of alkyl carbamates (subject to hydrolysis) is 1. The molecule has 1 amide bonds. The summed E-state index contributed by atoms with van der Waals surface area (Å²) in [6.07, 6.45) is -0.681. The Bertz CT molecular complexity index is 338. The number of carbonyl (C=O) groups excluding carboxylic acids is 2. The Morgan fingerprint density at radius 1 is 1.38 bits per heavy atom.